The fourth-order valence-corrected chi connectivity index (χ4v) is 3.43. The van der Waals surface area contributed by atoms with Gasteiger partial charge in [-0.2, -0.15) is 0 Å². The number of benzene rings is 2. The number of fused-ring (bicyclic) bond motifs is 2. The Morgan fingerprint density at radius 2 is 1.92 bits per heavy atom. The van der Waals surface area contributed by atoms with Crippen molar-refractivity contribution in [2.24, 2.45) is 0 Å². The zero-order valence-corrected chi connectivity index (χ0v) is 13.5. The van der Waals surface area contributed by atoms with Crippen molar-refractivity contribution < 1.29 is 9.90 Å². The SMILES string of the molecule is Cc1cc(N2CCc3ccccc3C2)c2ccc(C(=O)O)cc2n1. The topological polar surface area (TPSA) is 53.4 Å². The van der Waals surface area contributed by atoms with Crippen LogP contribution in [0.2, 0.25) is 0 Å². The number of pyridine rings is 1. The molecule has 1 N–H and O–H groups in total. The molecule has 0 saturated heterocycles. The molecule has 2 aromatic carbocycles. The van der Waals surface area contributed by atoms with Crippen LogP contribution in [0, 0.1) is 6.92 Å². The molecular formula is C20H18N2O2. The van der Waals surface area contributed by atoms with Gasteiger partial charge in [0.25, 0.3) is 0 Å². The summed E-state index contributed by atoms with van der Waals surface area (Å²) in [4.78, 5) is 18.1. The number of carboxylic acids is 1. The Morgan fingerprint density at radius 3 is 2.71 bits per heavy atom. The number of rotatable bonds is 2. The highest BCUT2D eigenvalue weighted by Crippen LogP contribution is 2.31. The first-order valence-corrected chi connectivity index (χ1v) is 8.08. The van der Waals surface area contributed by atoms with E-state index in [-0.39, 0.29) is 5.56 Å². The normalized spacial score (nSPS) is 13.8. The van der Waals surface area contributed by atoms with Gasteiger partial charge in [0.15, 0.2) is 0 Å². The molecule has 0 saturated carbocycles. The lowest BCUT2D eigenvalue weighted by atomic mass is 9.98. The first-order chi connectivity index (χ1) is 11.6. The Labute approximate surface area is 140 Å². The molecule has 0 bridgehead atoms. The maximum Gasteiger partial charge on any atom is 0.335 e. The summed E-state index contributed by atoms with van der Waals surface area (Å²) in [6.45, 7) is 3.78. The van der Waals surface area contributed by atoms with E-state index >= 15 is 0 Å². The number of carbonyl (C=O) groups is 1. The molecule has 1 aliphatic rings. The van der Waals surface area contributed by atoms with E-state index in [9.17, 15) is 9.90 Å². The Morgan fingerprint density at radius 1 is 1.12 bits per heavy atom. The number of anilines is 1. The lowest BCUT2D eigenvalue weighted by Gasteiger charge is -2.31. The molecule has 0 radical (unpaired) electrons. The van der Waals surface area contributed by atoms with Gasteiger partial charge < -0.3 is 10.0 Å². The quantitative estimate of drug-likeness (QED) is 0.781. The predicted molar refractivity (Wildman–Crippen MR) is 94.6 cm³/mol. The Kier molecular flexibility index (Phi) is 3.45. The van der Waals surface area contributed by atoms with Crippen LogP contribution in [0.5, 0.6) is 0 Å². The van der Waals surface area contributed by atoms with Crippen molar-refractivity contribution in [3.05, 3.63) is 70.9 Å². The highest BCUT2D eigenvalue weighted by Gasteiger charge is 2.19. The summed E-state index contributed by atoms with van der Waals surface area (Å²) >= 11 is 0. The first-order valence-electron chi connectivity index (χ1n) is 8.08. The summed E-state index contributed by atoms with van der Waals surface area (Å²) in [5.74, 6) is -0.923. The molecule has 4 rings (SSSR count). The zero-order chi connectivity index (χ0) is 16.7. The second-order valence-electron chi connectivity index (χ2n) is 6.26. The smallest absolute Gasteiger partial charge is 0.335 e. The fourth-order valence-electron chi connectivity index (χ4n) is 3.43. The van der Waals surface area contributed by atoms with Crippen LogP contribution in [0.3, 0.4) is 0 Å². The summed E-state index contributed by atoms with van der Waals surface area (Å²) in [5.41, 5.74) is 5.81. The van der Waals surface area contributed by atoms with Crippen molar-refractivity contribution in [2.75, 3.05) is 11.4 Å². The van der Waals surface area contributed by atoms with E-state index in [1.807, 2.05) is 13.0 Å². The molecule has 0 amide bonds. The highest BCUT2D eigenvalue weighted by atomic mass is 16.4. The molecule has 1 aromatic heterocycles. The van der Waals surface area contributed by atoms with E-state index < -0.39 is 5.97 Å². The van der Waals surface area contributed by atoms with Gasteiger partial charge in [0.2, 0.25) is 0 Å². The Hall–Kier alpha value is -2.88. The molecule has 0 aliphatic carbocycles. The van der Waals surface area contributed by atoms with Crippen LogP contribution < -0.4 is 4.90 Å². The summed E-state index contributed by atoms with van der Waals surface area (Å²) < 4.78 is 0. The number of hydrogen-bond donors (Lipinski definition) is 1. The van der Waals surface area contributed by atoms with Crippen LogP contribution in [0.4, 0.5) is 5.69 Å². The van der Waals surface area contributed by atoms with Crippen LogP contribution in [0.25, 0.3) is 10.9 Å². The minimum atomic E-state index is -0.923. The van der Waals surface area contributed by atoms with Crippen molar-refractivity contribution >= 4 is 22.6 Å². The summed E-state index contributed by atoms with van der Waals surface area (Å²) in [5, 5.41) is 10.2. The molecule has 3 aromatic rings. The average molecular weight is 318 g/mol. The van der Waals surface area contributed by atoms with Gasteiger partial charge in [-0.3, -0.25) is 4.98 Å². The van der Waals surface area contributed by atoms with Gasteiger partial charge in [-0.05, 0) is 48.7 Å². The molecular weight excluding hydrogens is 300 g/mol. The minimum Gasteiger partial charge on any atom is -0.478 e. The lowest BCUT2D eigenvalue weighted by Crippen LogP contribution is -2.30. The van der Waals surface area contributed by atoms with E-state index in [0.717, 1.165) is 41.8 Å². The second-order valence-corrected chi connectivity index (χ2v) is 6.26. The van der Waals surface area contributed by atoms with E-state index in [2.05, 4.69) is 40.2 Å². The molecule has 24 heavy (non-hydrogen) atoms. The Balaban J connectivity index is 1.81. The maximum absolute atomic E-state index is 11.2. The van der Waals surface area contributed by atoms with Crippen molar-refractivity contribution in [1.82, 2.24) is 4.98 Å². The van der Waals surface area contributed by atoms with Crippen LogP contribution >= 0.6 is 0 Å². The van der Waals surface area contributed by atoms with Crippen molar-refractivity contribution in [3.63, 3.8) is 0 Å². The fraction of sp³-hybridized carbons (Fsp3) is 0.200. The number of nitrogens with zero attached hydrogens (tertiary/aromatic N) is 2. The highest BCUT2D eigenvalue weighted by molar-refractivity contribution is 5.97. The summed E-state index contributed by atoms with van der Waals surface area (Å²) in [6.07, 6.45) is 1.02. The molecule has 0 fully saturated rings. The third kappa shape index (κ3) is 2.50. The largest absolute Gasteiger partial charge is 0.478 e. The molecule has 0 unspecified atom stereocenters. The number of hydrogen-bond acceptors (Lipinski definition) is 3. The van der Waals surface area contributed by atoms with Crippen LogP contribution in [0.15, 0.2) is 48.5 Å². The van der Waals surface area contributed by atoms with Gasteiger partial charge in [0.1, 0.15) is 0 Å². The second kappa shape index (κ2) is 5.64. The van der Waals surface area contributed by atoms with Gasteiger partial charge in [-0.25, -0.2) is 4.79 Å². The Bertz CT molecular complexity index is 950. The number of aryl methyl sites for hydroxylation is 1. The zero-order valence-electron chi connectivity index (χ0n) is 13.5. The molecule has 120 valence electrons. The lowest BCUT2D eigenvalue weighted by molar-refractivity contribution is 0.0697. The third-order valence-electron chi connectivity index (χ3n) is 4.63. The van der Waals surface area contributed by atoms with Crippen LogP contribution in [-0.4, -0.2) is 22.6 Å². The molecule has 1 aliphatic heterocycles. The van der Waals surface area contributed by atoms with Gasteiger partial charge in [-0.15, -0.1) is 0 Å². The van der Waals surface area contributed by atoms with Crippen LogP contribution in [0.1, 0.15) is 27.2 Å². The molecule has 2 heterocycles. The standard InChI is InChI=1S/C20H18N2O2/c1-13-10-19(17-7-6-15(20(23)24)11-18(17)21-13)22-9-8-14-4-2-3-5-16(14)12-22/h2-7,10-11H,8-9,12H2,1H3,(H,23,24). The number of aromatic nitrogens is 1. The summed E-state index contributed by atoms with van der Waals surface area (Å²) in [7, 11) is 0. The van der Waals surface area contributed by atoms with Gasteiger partial charge in [-0.1, -0.05) is 24.3 Å². The van der Waals surface area contributed by atoms with Gasteiger partial charge in [0.05, 0.1) is 11.1 Å². The van der Waals surface area contributed by atoms with Crippen molar-refractivity contribution in [3.8, 4) is 0 Å². The molecule has 0 spiro atoms. The number of aromatic carboxylic acids is 1. The maximum atomic E-state index is 11.2. The number of carboxylic acid groups (broad SMARTS) is 1. The van der Waals surface area contributed by atoms with E-state index in [1.165, 1.54) is 11.1 Å². The van der Waals surface area contributed by atoms with E-state index in [0.29, 0.717) is 0 Å². The van der Waals surface area contributed by atoms with Gasteiger partial charge >= 0.3 is 5.97 Å². The average Bonchev–Trinajstić information content (AvgIpc) is 2.60. The third-order valence-corrected chi connectivity index (χ3v) is 4.63. The molecule has 0 atom stereocenters. The monoisotopic (exact) mass is 318 g/mol. The van der Waals surface area contributed by atoms with Gasteiger partial charge in [0, 0.05) is 29.9 Å². The van der Waals surface area contributed by atoms with Crippen molar-refractivity contribution in [2.45, 2.75) is 19.9 Å². The van der Waals surface area contributed by atoms with E-state index in [4.69, 9.17) is 0 Å². The van der Waals surface area contributed by atoms with Crippen molar-refractivity contribution in [1.29, 1.82) is 0 Å². The van der Waals surface area contributed by atoms with E-state index in [1.54, 1.807) is 12.1 Å². The first kappa shape index (κ1) is 14.7. The predicted octanol–water partition coefficient (Wildman–Crippen LogP) is 3.80. The molecule has 4 nitrogen and oxygen atoms in total. The summed E-state index contributed by atoms with van der Waals surface area (Å²) in [6, 6.07) is 15.8. The molecule has 4 heteroatoms. The minimum absolute atomic E-state index is 0.274. The van der Waals surface area contributed by atoms with Crippen LogP contribution in [-0.2, 0) is 13.0 Å².